The number of likely N-dealkylation sites (N-methyl/N-ethyl adjacent to an activating group) is 1. The van der Waals surface area contributed by atoms with E-state index >= 15 is 0 Å². The van der Waals surface area contributed by atoms with Crippen LogP contribution in [-0.4, -0.2) is 33.3 Å². The van der Waals surface area contributed by atoms with Crippen LogP contribution in [0.5, 0.6) is 0 Å². The van der Waals surface area contributed by atoms with Crippen LogP contribution in [0.2, 0.25) is 0 Å². The number of carbonyl (C=O) groups excluding carboxylic acids is 1. The summed E-state index contributed by atoms with van der Waals surface area (Å²) in [6.07, 6.45) is 1.46. The number of carboxylic acid groups (broad SMARTS) is 1. The third kappa shape index (κ3) is 2.58. The van der Waals surface area contributed by atoms with Crippen molar-refractivity contribution < 1.29 is 14.7 Å². The van der Waals surface area contributed by atoms with E-state index in [0.717, 1.165) is 0 Å². The first-order valence-electron chi connectivity index (χ1n) is 4.17. The Morgan fingerprint density at radius 3 is 2.86 bits per heavy atom. The molecule has 1 aromatic heterocycles. The predicted octanol–water partition coefficient (Wildman–Crippen LogP) is -0.283. The van der Waals surface area contributed by atoms with Gasteiger partial charge in [-0.15, -0.1) is 0 Å². The summed E-state index contributed by atoms with van der Waals surface area (Å²) in [5.41, 5.74) is -0.0608. The number of nitrogens with one attached hydrogen (secondary N) is 1. The van der Waals surface area contributed by atoms with Crippen LogP contribution in [0, 0.1) is 0 Å². The average molecular weight is 197 g/mol. The minimum Gasteiger partial charge on any atom is -0.476 e. The number of aromatic carboxylic acids is 1. The lowest BCUT2D eigenvalue weighted by Crippen LogP contribution is -2.27. The molecule has 0 unspecified atom stereocenters. The number of amides is 1. The van der Waals surface area contributed by atoms with Crippen LogP contribution in [0.4, 0.5) is 0 Å². The number of rotatable bonds is 4. The van der Waals surface area contributed by atoms with Crippen LogP contribution in [0.15, 0.2) is 12.3 Å². The van der Waals surface area contributed by atoms with Crippen molar-refractivity contribution in [3.63, 3.8) is 0 Å². The SMILES string of the molecule is CCNC(=O)Cn1ccc(C(=O)O)n1. The number of aromatic nitrogens is 2. The molecular weight excluding hydrogens is 186 g/mol. The van der Waals surface area contributed by atoms with Crippen molar-refractivity contribution >= 4 is 11.9 Å². The maximum absolute atomic E-state index is 11.1. The lowest BCUT2D eigenvalue weighted by atomic mass is 10.5. The summed E-state index contributed by atoms with van der Waals surface area (Å²) in [6, 6.07) is 1.35. The predicted molar refractivity (Wildman–Crippen MR) is 47.9 cm³/mol. The third-order valence-corrected chi connectivity index (χ3v) is 1.54. The first-order chi connectivity index (χ1) is 6.63. The van der Waals surface area contributed by atoms with Gasteiger partial charge in [0.05, 0.1) is 0 Å². The van der Waals surface area contributed by atoms with Crippen LogP contribution in [0.25, 0.3) is 0 Å². The smallest absolute Gasteiger partial charge is 0.356 e. The topological polar surface area (TPSA) is 84.2 Å². The molecule has 1 rings (SSSR count). The molecule has 0 saturated carbocycles. The van der Waals surface area contributed by atoms with E-state index in [9.17, 15) is 9.59 Å². The monoisotopic (exact) mass is 197 g/mol. The first-order valence-corrected chi connectivity index (χ1v) is 4.17. The Hall–Kier alpha value is -1.85. The molecular formula is C8H11N3O3. The second-order valence-electron chi connectivity index (χ2n) is 2.66. The third-order valence-electron chi connectivity index (χ3n) is 1.54. The molecule has 1 heterocycles. The van der Waals surface area contributed by atoms with E-state index in [1.807, 2.05) is 6.92 Å². The number of carbonyl (C=O) groups is 2. The minimum absolute atomic E-state index is 0.0428. The highest BCUT2D eigenvalue weighted by Crippen LogP contribution is 1.94. The summed E-state index contributed by atoms with van der Waals surface area (Å²) >= 11 is 0. The molecule has 0 fully saturated rings. The van der Waals surface area contributed by atoms with E-state index in [1.54, 1.807) is 0 Å². The van der Waals surface area contributed by atoms with Gasteiger partial charge in [0.1, 0.15) is 6.54 Å². The van der Waals surface area contributed by atoms with E-state index in [0.29, 0.717) is 6.54 Å². The molecule has 6 nitrogen and oxygen atoms in total. The molecule has 76 valence electrons. The van der Waals surface area contributed by atoms with E-state index in [1.165, 1.54) is 16.9 Å². The molecule has 0 bridgehead atoms. The minimum atomic E-state index is -1.10. The maximum atomic E-state index is 11.1. The van der Waals surface area contributed by atoms with Crippen molar-refractivity contribution in [1.29, 1.82) is 0 Å². The van der Waals surface area contributed by atoms with E-state index in [-0.39, 0.29) is 18.1 Å². The lowest BCUT2D eigenvalue weighted by Gasteiger charge is -2.01. The molecule has 0 saturated heterocycles. The van der Waals surface area contributed by atoms with Crippen LogP contribution in [-0.2, 0) is 11.3 Å². The van der Waals surface area contributed by atoms with Crippen LogP contribution >= 0.6 is 0 Å². The van der Waals surface area contributed by atoms with Crippen molar-refractivity contribution in [3.05, 3.63) is 18.0 Å². The van der Waals surface area contributed by atoms with Gasteiger partial charge in [0, 0.05) is 12.7 Å². The van der Waals surface area contributed by atoms with Crippen LogP contribution in [0.3, 0.4) is 0 Å². The highest BCUT2D eigenvalue weighted by molar-refractivity contribution is 5.85. The van der Waals surface area contributed by atoms with Gasteiger partial charge in [-0.05, 0) is 13.0 Å². The molecule has 14 heavy (non-hydrogen) atoms. The van der Waals surface area contributed by atoms with Gasteiger partial charge in [-0.1, -0.05) is 0 Å². The number of hydrogen-bond donors (Lipinski definition) is 2. The number of hydrogen-bond acceptors (Lipinski definition) is 3. The van der Waals surface area contributed by atoms with Gasteiger partial charge >= 0.3 is 5.97 Å². The highest BCUT2D eigenvalue weighted by atomic mass is 16.4. The van der Waals surface area contributed by atoms with Crippen molar-refractivity contribution in [2.24, 2.45) is 0 Å². The van der Waals surface area contributed by atoms with Gasteiger partial charge < -0.3 is 10.4 Å². The summed E-state index contributed by atoms with van der Waals surface area (Å²) < 4.78 is 1.29. The van der Waals surface area contributed by atoms with Crippen molar-refractivity contribution in [2.45, 2.75) is 13.5 Å². The quantitative estimate of drug-likeness (QED) is 0.695. The zero-order chi connectivity index (χ0) is 10.6. The zero-order valence-corrected chi connectivity index (χ0v) is 7.73. The summed E-state index contributed by atoms with van der Waals surface area (Å²) in [5, 5.41) is 14.8. The Morgan fingerprint density at radius 1 is 1.64 bits per heavy atom. The standard InChI is InChI=1S/C8H11N3O3/c1-2-9-7(12)5-11-4-3-6(10-11)8(13)14/h3-4H,2,5H2,1H3,(H,9,12)(H,13,14). The Labute approximate surface area is 80.5 Å². The van der Waals surface area contributed by atoms with Gasteiger partial charge in [0.25, 0.3) is 0 Å². The molecule has 0 spiro atoms. The molecule has 1 aromatic rings. The molecule has 0 atom stereocenters. The number of carboxylic acids is 1. The number of nitrogens with zero attached hydrogens (tertiary/aromatic N) is 2. The molecule has 0 aromatic carbocycles. The van der Waals surface area contributed by atoms with Gasteiger partial charge in [0.15, 0.2) is 5.69 Å². The van der Waals surface area contributed by atoms with Gasteiger partial charge in [0.2, 0.25) is 5.91 Å². The van der Waals surface area contributed by atoms with Crippen molar-refractivity contribution in [1.82, 2.24) is 15.1 Å². The average Bonchev–Trinajstić information content (AvgIpc) is 2.53. The summed E-state index contributed by atoms with van der Waals surface area (Å²) in [4.78, 5) is 21.5. The van der Waals surface area contributed by atoms with Gasteiger partial charge in [-0.3, -0.25) is 9.48 Å². The Kier molecular flexibility index (Phi) is 3.22. The Bertz CT molecular complexity index is 345. The van der Waals surface area contributed by atoms with Gasteiger partial charge in [-0.2, -0.15) is 5.10 Å². The molecule has 2 N–H and O–H groups in total. The molecule has 0 aliphatic heterocycles. The summed E-state index contributed by atoms with van der Waals surface area (Å²) in [5.74, 6) is -1.29. The van der Waals surface area contributed by atoms with E-state index in [2.05, 4.69) is 10.4 Å². The van der Waals surface area contributed by atoms with Gasteiger partial charge in [-0.25, -0.2) is 4.79 Å². The molecule has 1 amide bonds. The van der Waals surface area contributed by atoms with E-state index in [4.69, 9.17) is 5.11 Å². The zero-order valence-electron chi connectivity index (χ0n) is 7.73. The Balaban J connectivity index is 2.59. The highest BCUT2D eigenvalue weighted by Gasteiger charge is 2.08. The molecule has 0 aliphatic rings. The van der Waals surface area contributed by atoms with Crippen LogP contribution in [0.1, 0.15) is 17.4 Å². The van der Waals surface area contributed by atoms with Crippen molar-refractivity contribution in [2.75, 3.05) is 6.54 Å². The second-order valence-corrected chi connectivity index (χ2v) is 2.66. The molecule has 0 radical (unpaired) electrons. The molecule has 6 heteroatoms. The normalized spacial score (nSPS) is 9.79. The fourth-order valence-corrected chi connectivity index (χ4v) is 0.964. The second kappa shape index (κ2) is 4.40. The van der Waals surface area contributed by atoms with E-state index < -0.39 is 5.97 Å². The Morgan fingerprint density at radius 2 is 2.36 bits per heavy atom. The summed E-state index contributed by atoms with van der Waals surface area (Å²) in [6.45, 7) is 2.40. The first kappa shape index (κ1) is 10.2. The van der Waals surface area contributed by atoms with Crippen LogP contribution < -0.4 is 5.32 Å². The summed E-state index contributed by atoms with van der Waals surface area (Å²) in [7, 11) is 0. The molecule has 0 aliphatic carbocycles. The maximum Gasteiger partial charge on any atom is 0.356 e. The fraction of sp³-hybridized carbons (Fsp3) is 0.375. The van der Waals surface area contributed by atoms with Crippen molar-refractivity contribution in [3.8, 4) is 0 Å². The largest absolute Gasteiger partial charge is 0.476 e. The lowest BCUT2D eigenvalue weighted by molar-refractivity contribution is -0.121. The fourth-order valence-electron chi connectivity index (χ4n) is 0.964.